The van der Waals surface area contributed by atoms with Crippen LogP contribution in [-0.2, 0) is 24.2 Å². The Labute approximate surface area is 154 Å². The van der Waals surface area contributed by atoms with Crippen molar-refractivity contribution in [3.8, 4) is 0 Å². The predicted molar refractivity (Wildman–Crippen MR) is 99.6 cm³/mol. The maximum atomic E-state index is 12.5. The topological polar surface area (TPSA) is 78.1 Å². The quantitative estimate of drug-likeness (QED) is 0.782. The molecule has 1 aromatic carbocycles. The van der Waals surface area contributed by atoms with Crippen LogP contribution < -0.4 is 5.32 Å². The number of amides is 2. The van der Waals surface area contributed by atoms with Crippen molar-refractivity contribution >= 4 is 11.8 Å². The highest BCUT2D eigenvalue weighted by Gasteiger charge is 2.28. The summed E-state index contributed by atoms with van der Waals surface area (Å²) in [6.07, 6.45) is 2.51. The Morgan fingerprint density at radius 3 is 2.77 bits per heavy atom. The molecule has 1 aliphatic rings. The van der Waals surface area contributed by atoms with E-state index in [0.29, 0.717) is 31.7 Å². The van der Waals surface area contributed by atoms with Crippen molar-refractivity contribution in [2.75, 3.05) is 13.1 Å². The molecule has 0 aliphatic carbocycles. The molecule has 2 heterocycles. The SMILES string of the molecule is CC(C)C(=O)N1CCc2[nH]nc(C(=O)NCCCc3ccccc3)c2C1. The predicted octanol–water partition coefficient (Wildman–Crippen LogP) is 2.31. The lowest BCUT2D eigenvalue weighted by molar-refractivity contribution is -0.135. The molecule has 0 bridgehead atoms. The monoisotopic (exact) mass is 354 g/mol. The molecule has 6 nitrogen and oxygen atoms in total. The Hall–Kier alpha value is -2.63. The third-order valence-electron chi connectivity index (χ3n) is 4.72. The Morgan fingerprint density at radius 2 is 2.04 bits per heavy atom. The van der Waals surface area contributed by atoms with Gasteiger partial charge >= 0.3 is 0 Å². The molecule has 2 amide bonds. The van der Waals surface area contributed by atoms with Crippen LogP contribution in [0.4, 0.5) is 0 Å². The number of aromatic nitrogens is 2. The fraction of sp³-hybridized carbons (Fsp3) is 0.450. The summed E-state index contributed by atoms with van der Waals surface area (Å²) in [5.74, 6) is -0.0980. The second-order valence-electron chi connectivity index (χ2n) is 7.04. The summed E-state index contributed by atoms with van der Waals surface area (Å²) in [4.78, 5) is 26.6. The summed E-state index contributed by atoms with van der Waals surface area (Å²) < 4.78 is 0. The van der Waals surface area contributed by atoms with E-state index in [1.165, 1.54) is 5.56 Å². The Morgan fingerprint density at radius 1 is 1.27 bits per heavy atom. The lowest BCUT2D eigenvalue weighted by Crippen LogP contribution is -2.39. The van der Waals surface area contributed by atoms with E-state index >= 15 is 0 Å². The van der Waals surface area contributed by atoms with Crippen molar-refractivity contribution in [2.24, 2.45) is 5.92 Å². The highest BCUT2D eigenvalue weighted by molar-refractivity contribution is 5.94. The van der Waals surface area contributed by atoms with Crippen LogP contribution in [0, 0.1) is 5.92 Å². The molecule has 1 aromatic heterocycles. The molecule has 6 heteroatoms. The lowest BCUT2D eigenvalue weighted by atomic mass is 10.0. The molecular formula is C20H26N4O2. The number of H-pyrrole nitrogens is 1. The third-order valence-corrected chi connectivity index (χ3v) is 4.72. The molecule has 26 heavy (non-hydrogen) atoms. The number of nitrogens with zero attached hydrogens (tertiary/aromatic N) is 2. The first kappa shape index (κ1) is 18.2. The highest BCUT2D eigenvalue weighted by Crippen LogP contribution is 2.21. The molecule has 0 fully saturated rings. The summed E-state index contributed by atoms with van der Waals surface area (Å²) in [5, 5.41) is 10.1. The van der Waals surface area contributed by atoms with Crippen LogP contribution in [0.15, 0.2) is 30.3 Å². The van der Waals surface area contributed by atoms with Crippen molar-refractivity contribution in [1.29, 1.82) is 0 Å². The molecule has 1 aliphatic heterocycles. The molecule has 138 valence electrons. The van der Waals surface area contributed by atoms with Gasteiger partial charge in [0.05, 0.1) is 0 Å². The first-order chi connectivity index (χ1) is 12.6. The number of carbonyl (C=O) groups is 2. The molecule has 0 radical (unpaired) electrons. The van der Waals surface area contributed by atoms with Gasteiger partial charge in [-0.1, -0.05) is 44.2 Å². The average molecular weight is 354 g/mol. The van der Waals surface area contributed by atoms with Gasteiger partial charge in [0.1, 0.15) is 0 Å². The standard InChI is InChI=1S/C20H26N4O2/c1-14(2)20(26)24-12-10-17-16(13-24)18(23-22-17)19(25)21-11-6-9-15-7-4-3-5-8-15/h3-5,7-8,14H,6,9-13H2,1-2H3,(H,21,25)(H,22,23). The second kappa shape index (κ2) is 8.17. The lowest BCUT2D eigenvalue weighted by Gasteiger charge is -2.28. The largest absolute Gasteiger partial charge is 0.351 e. The molecule has 0 atom stereocenters. The fourth-order valence-corrected chi connectivity index (χ4v) is 3.26. The molecule has 2 aromatic rings. The number of nitrogens with one attached hydrogen (secondary N) is 2. The zero-order chi connectivity index (χ0) is 18.5. The van der Waals surface area contributed by atoms with Gasteiger partial charge in [0.2, 0.25) is 5.91 Å². The summed E-state index contributed by atoms with van der Waals surface area (Å²) in [6, 6.07) is 10.2. The van der Waals surface area contributed by atoms with Gasteiger partial charge in [-0.15, -0.1) is 0 Å². The molecule has 0 saturated carbocycles. The normalized spacial score (nSPS) is 13.6. The van der Waals surface area contributed by atoms with E-state index in [2.05, 4.69) is 27.6 Å². The second-order valence-corrected chi connectivity index (χ2v) is 7.04. The first-order valence-electron chi connectivity index (χ1n) is 9.23. The van der Waals surface area contributed by atoms with Crippen molar-refractivity contribution in [2.45, 2.75) is 39.7 Å². The van der Waals surface area contributed by atoms with Gasteiger partial charge in [-0.3, -0.25) is 14.7 Å². The van der Waals surface area contributed by atoms with Gasteiger partial charge < -0.3 is 10.2 Å². The Balaban J connectivity index is 1.56. The van der Waals surface area contributed by atoms with Gasteiger partial charge in [-0.05, 0) is 18.4 Å². The zero-order valence-corrected chi connectivity index (χ0v) is 15.4. The molecule has 3 rings (SSSR count). The average Bonchev–Trinajstić information content (AvgIpc) is 3.08. The van der Waals surface area contributed by atoms with E-state index in [-0.39, 0.29) is 17.7 Å². The van der Waals surface area contributed by atoms with Crippen LogP contribution in [0.5, 0.6) is 0 Å². The Bertz CT molecular complexity index is 767. The molecule has 0 unspecified atom stereocenters. The third kappa shape index (κ3) is 4.12. The van der Waals surface area contributed by atoms with Crippen molar-refractivity contribution in [3.05, 3.63) is 52.8 Å². The molecule has 0 spiro atoms. The van der Waals surface area contributed by atoms with Gasteiger partial charge in [-0.2, -0.15) is 5.10 Å². The zero-order valence-electron chi connectivity index (χ0n) is 15.4. The van der Waals surface area contributed by atoms with Gasteiger partial charge in [-0.25, -0.2) is 0 Å². The minimum Gasteiger partial charge on any atom is -0.351 e. The summed E-state index contributed by atoms with van der Waals surface area (Å²) in [5.41, 5.74) is 3.50. The summed E-state index contributed by atoms with van der Waals surface area (Å²) >= 11 is 0. The number of hydrogen-bond acceptors (Lipinski definition) is 3. The number of aromatic amines is 1. The maximum absolute atomic E-state index is 12.5. The number of hydrogen-bond donors (Lipinski definition) is 2. The van der Waals surface area contributed by atoms with Crippen LogP contribution in [0.3, 0.4) is 0 Å². The fourth-order valence-electron chi connectivity index (χ4n) is 3.26. The Kier molecular flexibility index (Phi) is 5.71. The molecular weight excluding hydrogens is 328 g/mol. The van der Waals surface area contributed by atoms with Gasteiger partial charge in [0.15, 0.2) is 5.69 Å². The van der Waals surface area contributed by atoms with E-state index in [4.69, 9.17) is 0 Å². The minimum atomic E-state index is -0.172. The van der Waals surface area contributed by atoms with Crippen molar-refractivity contribution in [3.63, 3.8) is 0 Å². The number of fused-ring (bicyclic) bond motifs is 1. The highest BCUT2D eigenvalue weighted by atomic mass is 16.2. The van der Waals surface area contributed by atoms with Crippen LogP contribution in [0.25, 0.3) is 0 Å². The number of benzene rings is 1. The first-order valence-corrected chi connectivity index (χ1v) is 9.23. The van der Waals surface area contributed by atoms with Crippen molar-refractivity contribution < 1.29 is 9.59 Å². The smallest absolute Gasteiger partial charge is 0.272 e. The van der Waals surface area contributed by atoms with E-state index in [1.807, 2.05) is 36.9 Å². The molecule has 0 saturated heterocycles. The van der Waals surface area contributed by atoms with E-state index < -0.39 is 0 Å². The number of aryl methyl sites for hydroxylation is 1. The van der Waals surface area contributed by atoms with E-state index in [1.54, 1.807) is 0 Å². The van der Waals surface area contributed by atoms with Crippen LogP contribution in [0.2, 0.25) is 0 Å². The number of carbonyl (C=O) groups excluding carboxylic acids is 2. The van der Waals surface area contributed by atoms with E-state index in [0.717, 1.165) is 24.1 Å². The van der Waals surface area contributed by atoms with Crippen LogP contribution in [-0.4, -0.2) is 40.0 Å². The summed E-state index contributed by atoms with van der Waals surface area (Å²) in [6.45, 7) is 5.52. The van der Waals surface area contributed by atoms with Crippen LogP contribution in [0.1, 0.15) is 47.6 Å². The maximum Gasteiger partial charge on any atom is 0.272 e. The van der Waals surface area contributed by atoms with Crippen molar-refractivity contribution in [1.82, 2.24) is 20.4 Å². The number of rotatable bonds is 6. The van der Waals surface area contributed by atoms with Gasteiger partial charge in [0, 0.05) is 43.2 Å². The minimum absolute atomic E-state index is 0.0429. The van der Waals surface area contributed by atoms with E-state index in [9.17, 15) is 9.59 Å². The van der Waals surface area contributed by atoms with Crippen LogP contribution >= 0.6 is 0 Å². The van der Waals surface area contributed by atoms with Gasteiger partial charge in [0.25, 0.3) is 5.91 Å². The molecule has 2 N–H and O–H groups in total. The summed E-state index contributed by atoms with van der Waals surface area (Å²) in [7, 11) is 0.